The lowest BCUT2D eigenvalue weighted by molar-refractivity contribution is -0.113. The highest BCUT2D eigenvalue weighted by Gasteiger charge is 2.22. The van der Waals surface area contributed by atoms with Crippen LogP contribution in [0.5, 0.6) is 5.75 Å². The van der Waals surface area contributed by atoms with E-state index in [0.717, 1.165) is 24.6 Å². The van der Waals surface area contributed by atoms with E-state index in [1.165, 1.54) is 40.2 Å². The summed E-state index contributed by atoms with van der Waals surface area (Å²) in [4.78, 5) is 31.3. The Morgan fingerprint density at radius 1 is 1.26 bits per heavy atom. The average molecular weight is 573 g/mol. The van der Waals surface area contributed by atoms with E-state index in [1.807, 2.05) is 11.5 Å². The van der Waals surface area contributed by atoms with E-state index < -0.39 is 5.82 Å². The van der Waals surface area contributed by atoms with Crippen LogP contribution in [0.2, 0.25) is 0 Å². The highest BCUT2D eigenvalue weighted by molar-refractivity contribution is 7.99. The van der Waals surface area contributed by atoms with Gasteiger partial charge in [0.15, 0.2) is 14.8 Å². The molecule has 0 unspecified atom stereocenters. The topological polar surface area (TPSA) is 87.4 Å². The largest absolute Gasteiger partial charge is 0.494 e. The van der Waals surface area contributed by atoms with Crippen LogP contribution >= 0.6 is 35.3 Å². The smallest absolute Gasteiger partial charge is 0.278 e. The Balaban J connectivity index is 1.46. The molecule has 1 atom stereocenters. The van der Waals surface area contributed by atoms with Crippen molar-refractivity contribution in [3.8, 4) is 11.4 Å². The molecule has 198 valence electrons. The molecule has 1 N–H and O–H groups in total. The molecular weight excluding hydrogens is 548 g/mol. The van der Waals surface area contributed by atoms with Gasteiger partial charge in [0.1, 0.15) is 16.3 Å². The van der Waals surface area contributed by atoms with Crippen molar-refractivity contribution in [3.63, 3.8) is 0 Å². The first-order chi connectivity index (χ1) is 18.4. The standard InChI is InChI=1S/C26H25FN4O4S3/c1-2-34-19-11-7-17(8-12-19)28-21(32)15-37-25-29-23-22(24(33)31(25)18-9-5-16(27)6-10-18)38-26(36)30(23)14-20-4-3-13-35-20/h5-12,20H,2-4,13-15H2,1H3,(H,28,32)/t20-/m1/s1. The van der Waals surface area contributed by atoms with Gasteiger partial charge in [0.05, 0.1) is 30.7 Å². The van der Waals surface area contributed by atoms with E-state index in [1.54, 1.807) is 24.3 Å². The van der Waals surface area contributed by atoms with E-state index in [2.05, 4.69) is 5.32 Å². The van der Waals surface area contributed by atoms with Gasteiger partial charge in [-0.2, -0.15) is 0 Å². The number of nitrogens with one attached hydrogen (secondary N) is 1. The lowest BCUT2D eigenvalue weighted by Crippen LogP contribution is -2.23. The number of fused-ring (bicyclic) bond motifs is 1. The number of thioether (sulfide) groups is 1. The molecule has 0 spiro atoms. The Morgan fingerprint density at radius 3 is 2.71 bits per heavy atom. The van der Waals surface area contributed by atoms with Crippen molar-refractivity contribution in [2.75, 3.05) is 24.3 Å². The zero-order valence-electron chi connectivity index (χ0n) is 20.5. The van der Waals surface area contributed by atoms with Crippen LogP contribution in [0.25, 0.3) is 16.0 Å². The number of rotatable bonds is 9. The van der Waals surface area contributed by atoms with Crippen LogP contribution in [-0.2, 0) is 16.1 Å². The molecule has 12 heteroatoms. The molecule has 1 saturated heterocycles. The second-order valence-corrected chi connectivity index (χ2v) is 11.2. The van der Waals surface area contributed by atoms with Gasteiger partial charge in [-0.15, -0.1) is 0 Å². The maximum Gasteiger partial charge on any atom is 0.278 e. The Hall–Kier alpha value is -3.06. The molecule has 1 amide bonds. The Labute approximate surface area is 231 Å². The van der Waals surface area contributed by atoms with Crippen LogP contribution < -0.4 is 15.6 Å². The highest BCUT2D eigenvalue weighted by Crippen LogP contribution is 2.27. The van der Waals surface area contributed by atoms with Crippen molar-refractivity contribution in [1.29, 1.82) is 0 Å². The summed E-state index contributed by atoms with van der Waals surface area (Å²) in [6.07, 6.45) is 1.91. The molecule has 1 aliphatic rings. The number of nitrogens with zero attached hydrogens (tertiary/aromatic N) is 3. The number of carbonyl (C=O) groups excluding carboxylic acids is 1. The summed E-state index contributed by atoms with van der Waals surface area (Å²) in [6, 6.07) is 12.7. The van der Waals surface area contributed by atoms with Crippen molar-refractivity contribution in [2.24, 2.45) is 0 Å². The first-order valence-corrected chi connectivity index (χ1v) is 14.3. The van der Waals surface area contributed by atoms with E-state index in [-0.39, 0.29) is 23.3 Å². The predicted molar refractivity (Wildman–Crippen MR) is 150 cm³/mol. The van der Waals surface area contributed by atoms with Gasteiger partial charge in [-0.05, 0) is 80.5 Å². The molecule has 2 aromatic heterocycles. The van der Waals surface area contributed by atoms with Gasteiger partial charge in [-0.1, -0.05) is 23.1 Å². The highest BCUT2D eigenvalue weighted by atomic mass is 32.2. The number of anilines is 1. The number of hydrogen-bond donors (Lipinski definition) is 1. The number of hydrogen-bond acceptors (Lipinski definition) is 8. The summed E-state index contributed by atoms with van der Waals surface area (Å²) in [5.74, 6) is 0.0378. The third-order valence-corrected chi connectivity index (χ3v) is 8.30. The van der Waals surface area contributed by atoms with E-state index in [9.17, 15) is 14.0 Å². The van der Waals surface area contributed by atoms with Crippen molar-refractivity contribution < 1.29 is 18.7 Å². The summed E-state index contributed by atoms with van der Waals surface area (Å²) in [7, 11) is 0. The number of aromatic nitrogens is 3. The zero-order chi connectivity index (χ0) is 26.6. The molecule has 8 nitrogen and oxygen atoms in total. The van der Waals surface area contributed by atoms with Gasteiger partial charge in [0.25, 0.3) is 5.56 Å². The van der Waals surface area contributed by atoms with E-state index >= 15 is 0 Å². The van der Waals surface area contributed by atoms with E-state index in [4.69, 9.17) is 26.7 Å². The molecule has 2 aromatic carbocycles. The molecular formula is C26H25FN4O4S3. The van der Waals surface area contributed by atoms with Crippen LogP contribution in [0.3, 0.4) is 0 Å². The fourth-order valence-electron chi connectivity index (χ4n) is 4.17. The molecule has 1 fully saturated rings. The minimum absolute atomic E-state index is 0.00293. The molecule has 0 bridgehead atoms. The maximum absolute atomic E-state index is 13.7. The van der Waals surface area contributed by atoms with Gasteiger partial charge in [0, 0.05) is 12.3 Å². The van der Waals surface area contributed by atoms with Gasteiger partial charge in [0.2, 0.25) is 5.91 Å². The summed E-state index contributed by atoms with van der Waals surface area (Å²) in [5.41, 5.74) is 1.22. The Kier molecular flexibility index (Phi) is 8.22. The third-order valence-electron chi connectivity index (χ3n) is 5.94. The van der Waals surface area contributed by atoms with Crippen LogP contribution in [0, 0.1) is 9.77 Å². The SMILES string of the molecule is CCOc1ccc(NC(=O)CSc2nc3c(sc(=S)n3C[C@H]3CCCO3)c(=O)n2-c2ccc(F)cc2)cc1. The quantitative estimate of drug-likeness (QED) is 0.163. The minimum Gasteiger partial charge on any atom is -0.494 e. The summed E-state index contributed by atoms with van der Waals surface area (Å²) in [5, 5.41) is 3.16. The molecule has 0 radical (unpaired) electrons. The molecule has 0 aliphatic carbocycles. The third kappa shape index (κ3) is 5.83. The average Bonchev–Trinajstić information content (AvgIpc) is 3.53. The molecule has 5 rings (SSSR count). The summed E-state index contributed by atoms with van der Waals surface area (Å²) >= 11 is 7.90. The molecule has 0 saturated carbocycles. The predicted octanol–water partition coefficient (Wildman–Crippen LogP) is 5.43. The van der Waals surface area contributed by atoms with Gasteiger partial charge < -0.3 is 19.4 Å². The lowest BCUT2D eigenvalue weighted by Gasteiger charge is -2.14. The fraction of sp³-hybridized carbons (Fsp3) is 0.308. The van der Waals surface area contributed by atoms with Crippen molar-refractivity contribution in [3.05, 3.63) is 68.7 Å². The molecule has 1 aliphatic heterocycles. The van der Waals surface area contributed by atoms with Gasteiger partial charge in [-0.25, -0.2) is 9.37 Å². The van der Waals surface area contributed by atoms with E-state index in [0.29, 0.717) is 56.3 Å². The van der Waals surface area contributed by atoms with Crippen LogP contribution in [0.4, 0.5) is 10.1 Å². The number of amides is 1. The fourth-order valence-corrected chi connectivity index (χ4v) is 6.26. The van der Waals surface area contributed by atoms with Crippen molar-refractivity contribution >= 4 is 57.3 Å². The van der Waals surface area contributed by atoms with Crippen LogP contribution in [-0.4, -0.2) is 45.1 Å². The number of ether oxygens (including phenoxy) is 2. The Morgan fingerprint density at radius 2 is 2.03 bits per heavy atom. The number of halogens is 1. The van der Waals surface area contributed by atoms with Crippen LogP contribution in [0.1, 0.15) is 19.8 Å². The number of benzene rings is 2. The first-order valence-electron chi connectivity index (χ1n) is 12.1. The van der Waals surface area contributed by atoms with Gasteiger partial charge in [-0.3, -0.25) is 14.2 Å². The molecule has 3 heterocycles. The number of thiazole rings is 1. The second kappa shape index (κ2) is 11.8. The first kappa shape index (κ1) is 26.5. The normalized spacial score (nSPS) is 15.2. The maximum atomic E-state index is 13.7. The van der Waals surface area contributed by atoms with Gasteiger partial charge >= 0.3 is 0 Å². The summed E-state index contributed by atoms with van der Waals surface area (Å²) < 4.78 is 29.0. The summed E-state index contributed by atoms with van der Waals surface area (Å²) in [6.45, 7) is 3.67. The second-order valence-electron chi connectivity index (χ2n) is 8.57. The molecule has 38 heavy (non-hydrogen) atoms. The lowest BCUT2D eigenvalue weighted by atomic mass is 10.2. The number of carbonyl (C=O) groups is 1. The monoisotopic (exact) mass is 572 g/mol. The minimum atomic E-state index is -0.418. The zero-order valence-corrected chi connectivity index (χ0v) is 23.0. The van der Waals surface area contributed by atoms with Crippen molar-refractivity contribution in [2.45, 2.75) is 37.6 Å². The Bertz CT molecular complexity index is 1560. The van der Waals surface area contributed by atoms with Crippen molar-refractivity contribution in [1.82, 2.24) is 14.1 Å². The molecule has 4 aromatic rings. The van der Waals surface area contributed by atoms with Crippen LogP contribution in [0.15, 0.2) is 58.5 Å².